The van der Waals surface area contributed by atoms with Gasteiger partial charge in [0.15, 0.2) is 0 Å². The number of alkyl halides is 3. The van der Waals surface area contributed by atoms with E-state index in [1.165, 1.54) is 0 Å². The van der Waals surface area contributed by atoms with Crippen molar-refractivity contribution >= 4 is 11.8 Å². The second kappa shape index (κ2) is 6.85. The molecule has 22 heavy (non-hydrogen) atoms. The molecule has 2 atom stereocenters. The predicted octanol–water partition coefficient (Wildman–Crippen LogP) is 1.14. The van der Waals surface area contributed by atoms with E-state index in [0.717, 1.165) is 25.8 Å². The normalized spacial score (nSPS) is 26.5. The van der Waals surface area contributed by atoms with Crippen molar-refractivity contribution in [2.75, 3.05) is 26.7 Å². The van der Waals surface area contributed by atoms with E-state index in [1.807, 2.05) is 7.05 Å². The van der Waals surface area contributed by atoms with E-state index in [9.17, 15) is 22.8 Å². The van der Waals surface area contributed by atoms with Crippen LogP contribution in [0.5, 0.6) is 0 Å². The first kappa shape index (κ1) is 17.1. The molecule has 2 amide bonds. The topological polar surface area (TPSA) is 52.7 Å². The molecular formula is C14H22F3N3O2. The van der Waals surface area contributed by atoms with Crippen molar-refractivity contribution in [2.24, 2.45) is 0 Å². The van der Waals surface area contributed by atoms with Crippen LogP contribution in [0.15, 0.2) is 0 Å². The Morgan fingerprint density at radius 3 is 2.45 bits per heavy atom. The maximum atomic E-state index is 12.5. The van der Waals surface area contributed by atoms with Crippen LogP contribution in [0.3, 0.4) is 0 Å². The Morgan fingerprint density at radius 1 is 1.18 bits per heavy atom. The summed E-state index contributed by atoms with van der Waals surface area (Å²) in [6, 6.07) is -0.577. The van der Waals surface area contributed by atoms with E-state index in [2.05, 4.69) is 10.2 Å². The summed E-state index contributed by atoms with van der Waals surface area (Å²) in [6.07, 6.45) is -1.22. The van der Waals surface area contributed by atoms with Crippen LogP contribution in [0.25, 0.3) is 0 Å². The van der Waals surface area contributed by atoms with Gasteiger partial charge in [-0.2, -0.15) is 13.2 Å². The number of nitrogens with one attached hydrogen (secondary N) is 1. The van der Waals surface area contributed by atoms with E-state index in [0.29, 0.717) is 23.9 Å². The van der Waals surface area contributed by atoms with Crippen molar-refractivity contribution in [3.8, 4) is 0 Å². The van der Waals surface area contributed by atoms with Crippen LogP contribution in [0.4, 0.5) is 13.2 Å². The minimum Gasteiger partial charge on any atom is -0.354 e. The molecular weight excluding hydrogens is 299 g/mol. The molecule has 0 aromatic heterocycles. The maximum absolute atomic E-state index is 12.5. The first-order valence-electron chi connectivity index (χ1n) is 7.66. The Labute approximate surface area is 127 Å². The third-order valence-electron chi connectivity index (χ3n) is 4.51. The number of nitrogens with zero attached hydrogens (tertiary/aromatic N) is 2. The van der Waals surface area contributed by atoms with E-state index < -0.39 is 24.0 Å². The molecule has 0 aliphatic carbocycles. The van der Waals surface area contributed by atoms with Crippen molar-refractivity contribution in [1.82, 2.24) is 15.1 Å². The Balaban J connectivity index is 1.82. The summed E-state index contributed by atoms with van der Waals surface area (Å²) in [5.41, 5.74) is 0. The van der Waals surface area contributed by atoms with Crippen molar-refractivity contribution in [3.63, 3.8) is 0 Å². The zero-order chi connectivity index (χ0) is 16.3. The molecule has 1 N–H and O–H groups in total. The molecule has 0 radical (unpaired) electrons. The van der Waals surface area contributed by atoms with Crippen LogP contribution in [0, 0.1) is 0 Å². The molecule has 5 nitrogen and oxygen atoms in total. The largest absolute Gasteiger partial charge is 0.471 e. The van der Waals surface area contributed by atoms with E-state index in [1.54, 1.807) is 0 Å². The van der Waals surface area contributed by atoms with Crippen LogP contribution >= 0.6 is 0 Å². The number of hydrogen-bond acceptors (Lipinski definition) is 3. The number of halogens is 3. The summed E-state index contributed by atoms with van der Waals surface area (Å²) >= 11 is 0. The van der Waals surface area contributed by atoms with Gasteiger partial charge in [-0.3, -0.25) is 9.59 Å². The molecule has 2 heterocycles. The summed E-state index contributed by atoms with van der Waals surface area (Å²) in [5.74, 6) is -2.39. The maximum Gasteiger partial charge on any atom is 0.471 e. The lowest BCUT2D eigenvalue weighted by Crippen LogP contribution is -2.50. The van der Waals surface area contributed by atoms with Gasteiger partial charge in [-0.25, -0.2) is 0 Å². The summed E-state index contributed by atoms with van der Waals surface area (Å²) < 4.78 is 37.5. The SMILES string of the molecule is CN1CCC[C@H]1CCNC(=O)[C@@H]1CCCN1C(=O)C(F)(F)F. The average molecular weight is 321 g/mol. The number of hydrogen-bond donors (Lipinski definition) is 1. The average Bonchev–Trinajstić information content (AvgIpc) is 3.06. The van der Waals surface area contributed by atoms with Gasteiger partial charge in [-0.1, -0.05) is 0 Å². The summed E-state index contributed by atoms with van der Waals surface area (Å²) in [7, 11) is 2.03. The molecule has 0 spiro atoms. The molecule has 2 fully saturated rings. The Hall–Kier alpha value is -1.31. The van der Waals surface area contributed by atoms with Gasteiger partial charge >= 0.3 is 12.1 Å². The van der Waals surface area contributed by atoms with Crippen molar-refractivity contribution in [2.45, 2.75) is 50.4 Å². The summed E-state index contributed by atoms with van der Waals surface area (Å²) in [5, 5.41) is 2.68. The van der Waals surface area contributed by atoms with E-state index >= 15 is 0 Å². The first-order chi connectivity index (χ1) is 10.3. The van der Waals surface area contributed by atoms with Crippen molar-refractivity contribution in [1.29, 1.82) is 0 Å². The molecule has 126 valence electrons. The number of likely N-dealkylation sites (tertiary alicyclic amines) is 2. The highest BCUT2D eigenvalue weighted by atomic mass is 19.4. The highest BCUT2D eigenvalue weighted by molar-refractivity contribution is 5.90. The van der Waals surface area contributed by atoms with Gasteiger partial charge < -0.3 is 15.1 Å². The lowest BCUT2D eigenvalue weighted by atomic mass is 10.1. The summed E-state index contributed by atoms with van der Waals surface area (Å²) in [4.78, 5) is 26.3. The molecule has 0 bridgehead atoms. The molecule has 0 saturated carbocycles. The lowest BCUT2D eigenvalue weighted by molar-refractivity contribution is -0.186. The molecule has 0 unspecified atom stereocenters. The zero-order valence-electron chi connectivity index (χ0n) is 12.7. The third-order valence-corrected chi connectivity index (χ3v) is 4.51. The van der Waals surface area contributed by atoms with Crippen LogP contribution in [0.2, 0.25) is 0 Å². The highest BCUT2D eigenvalue weighted by Gasteiger charge is 2.47. The highest BCUT2D eigenvalue weighted by Crippen LogP contribution is 2.25. The Morgan fingerprint density at radius 2 is 1.86 bits per heavy atom. The van der Waals surface area contributed by atoms with Gasteiger partial charge in [-0.15, -0.1) is 0 Å². The molecule has 2 saturated heterocycles. The van der Waals surface area contributed by atoms with Crippen LogP contribution < -0.4 is 5.32 Å². The number of rotatable bonds is 4. The Bertz CT molecular complexity index is 428. The zero-order valence-corrected chi connectivity index (χ0v) is 12.7. The van der Waals surface area contributed by atoms with E-state index in [-0.39, 0.29) is 13.0 Å². The van der Waals surface area contributed by atoms with Crippen molar-refractivity contribution < 1.29 is 22.8 Å². The molecule has 2 aliphatic rings. The smallest absolute Gasteiger partial charge is 0.354 e. The van der Waals surface area contributed by atoms with Gasteiger partial charge in [0, 0.05) is 19.1 Å². The minimum atomic E-state index is -4.92. The Kier molecular flexibility index (Phi) is 5.31. The molecule has 2 rings (SSSR count). The van der Waals surface area contributed by atoms with Gasteiger partial charge in [-0.05, 0) is 45.7 Å². The van der Waals surface area contributed by atoms with Gasteiger partial charge in [0.2, 0.25) is 5.91 Å². The first-order valence-corrected chi connectivity index (χ1v) is 7.66. The lowest BCUT2D eigenvalue weighted by Gasteiger charge is -2.25. The third kappa shape index (κ3) is 3.91. The molecule has 0 aromatic rings. The number of carbonyl (C=O) groups is 2. The fraction of sp³-hybridized carbons (Fsp3) is 0.857. The van der Waals surface area contributed by atoms with Gasteiger partial charge in [0.1, 0.15) is 6.04 Å². The molecule has 8 heteroatoms. The van der Waals surface area contributed by atoms with Gasteiger partial charge in [0.05, 0.1) is 0 Å². The fourth-order valence-electron chi connectivity index (χ4n) is 3.27. The van der Waals surface area contributed by atoms with Gasteiger partial charge in [0.25, 0.3) is 0 Å². The number of amides is 2. The molecule has 0 aromatic carbocycles. The summed E-state index contributed by atoms with van der Waals surface area (Å²) in [6.45, 7) is 1.45. The van der Waals surface area contributed by atoms with Crippen LogP contribution in [0.1, 0.15) is 32.1 Å². The standard InChI is InChI=1S/C14H22F3N3O2/c1-19-8-2-4-10(19)6-7-18-12(21)11-5-3-9-20(11)13(22)14(15,16)17/h10-11H,2-9H2,1H3,(H,18,21)/t10-,11-/m0/s1. The predicted molar refractivity (Wildman–Crippen MR) is 74.1 cm³/mol. The monoisotopic (exact) mass is 321 g/mol. The van der Waals surface area contributed by atoms with E-state index in [4.69, 9.17) is 0 Å². The fourth-order valence-corrected chi connectivity index (χ4v) is 3.27. The number of carbonyl (C=O) groups excluding carboxylic acids is 2. The minimum absolute atomic E-state index is 0.0121. The van der Waals surface area contributed by atoms with Crippen LogP contribution in [-0.2, 0) is 9.59 Å². The quantitative estimate of drug-likeness (QED) is 0.845. The second-order valence-corrected chi connectivity index (χ2v) is 6.01. The van der Waals surface area contributed by atoms with Crippen molar-refractivity contribution in [3.05, 3.63) is 0 Å². The van der Waals surface area contributed by atoms with Crippen LogP contribution in [-0.4, -0.2) is 66.6 Å². The molecule has 2 aliphatic heterocycles. The second-order valence-electron chi connectivity index (χ2n) is 6.01.